The number of hydrogen-bond acceptors (Lipinski definition) is 4. The second-order valence-corrected chi connectivity index (χ2v) is 7.47. The van der Waals surface area contributed by atoms with Gasteiger partial charge in [0.25, 0.3) is 5.91 Å². The molecule has 0 heterocycles. The van der Waals surface area contributed by atoms with E-state index in [1.54, 1.807) is 20.8 Å². The Morgan fingerprint density at radius 2 is 1.82 bits per heavy atom. The molecule has 4 nitrogen and oxygen atoms in total. The molecule has 0 bridgehead atoms. The Labute approximate surface area is 165 Å². The lowest BCUT2D eigenvalue weighted by Gasteiger charge is -2.17. The third kappa shape index (κ3) is 5.76. The second kappa shape index (κ2) is 9.64. The molecule has 0 saturated carbocycles. The van der Waals surface area contributed by atoms with Crippen molar-refractivity contribution < 1.29 is 27.5 Å². The summed E-state index contributed by atoms with van der Waals surface area (Å²) in [5.41, 5.74) is -0.282. The van der Waals surface area contributed by atoms with E-state index in [1.165, 1.54) is 18.2 Å². The number of esters is 1. The van der Waals surface area contributed by atoms with Crippen LogP contribution in [-0.2, 0) is 9.53 Å². The van der Waals surface area contributed by atoms with Crippen LogP contribution >= 0.6 is 11.8 Å². The molecule has 2 aromatic carbocycles. The van der Waals surface area contributed by atoms with E-state index in [1.807, 2.05) is 0 Å². The van der Waals surface area contributed by atoms with Crippen molar-refractivity contribution in [3.05, 3.63) is 59.4 Å². The molecule has 0 aliphatic carbocycles. The van der Waals surface area contributed by atoms with Crippen molar-refractivity contribution >= 4 is 29.3 Å². The maximum Gasteiger partial charge on any atom is 0.319 e. The first kappa shape index (κ1) is 21.8. The molecule has 2 rings (SSSR count). The van der Waals surface area contributed by atoms with E-state index in [-0.39, 0.29) is 22.3 Å². The van der Waals surface area contributed by atoms with Gasteiger partial charge in [-0.25, -0.2) is 13.2 Å². The van der Waals surface area contributed by atoms with Crippen molar-refractivity contribution in [2.45, 2.75) is 43.4 Å². The molecule has 2 aromatic rings. The lowest BCUT2D eigenvalue weighted by molar-refractivity contribution is -0.146. The molecule has 1 atom stereocenters. The summed E-state index contributed by atoms with van der Waals surface area (Å²) in [6.07, 6.45) is 0.0548. The van der Waals surface area contributed by atoms with Crippen molar-refractivity contribution in [3.8, 4) is 0 Å². The molecule has 1 unspecified atom stereocenters. The van der Waals surface area contributed by atoms with Crippen LogP contribution < -0.4 is 5.32 Å². The largest absolute Gasteiger partial charge is 0.462 e. The van der Waals surface area contributed by atoms with Gasteiger partial charge in [-0.2, -0.15) is 0 Å². The summed E-state index contributed by atoms with van der Waals surface area (Å²) < 4.78 is 46.7. The molecule has 8 heteroatoms. The minimum absolute atomic E-state index is 0.00938. The number of hydrogen-bond donors (Lipinski definition) is 1. The summed E-state index contributed by atoms with van der Waals surface area (Å²) in [5, 5.41) is 1.61. The Kier molecular flexibility index (Phi) is 7.51. The molecule has 0 aliphatic rings. The van der Waals surface area contributed by atoms with Gasteiger partial charge in [0.1, 0.15) is 22.7 Å². The molecule has 0 saturated heterocycles. The number of carbonyl (C=O) groups is 2. The summed E-state index contributed by atoms with van der Waals surface area (Å²) >= 11 is 0.886. The van der Waals surface area contributed by atoms with Crippen molar-refractivity contribution in [2.75, 3.05) is 5.32 Å². The van der Waals surface area contributed by atoms with Crippen LogP contribution in [0.2, 0.25) is 0 Å². The molecule has 0 fully saturated rings. The van der Waals surface area contributed by atoms with Gasteiger partial charge < -0.3 is 10.1 Å². The zero-order chi connectivity index (χ0) is 20.8. The fraction of sp³-hybridized carbons (Fsp3) is 0.300. The normalized spacial score (nSPS) is 12.0. The lowest BCUT2D eigenvalue weighted by Crippen LogP contribution is -2.23. The van der Waals surface area contributed by atoms with Gasteiger partial charge in [-0.15, -0.1) is 11.8 Å². The number of rotatable bonds is 7. The quantitative estimate of drug-likeness (QED) is 0.504. The van der Waals surface area contributed by atoms with E-state index in [2.05, 4.69) is 5.32 Å². The Balaban J connectivity index is 2.23. The SMILES string of the molecule is CCC(Sc1cc(NC(=O)c2cccc(F)c2)c(F)cc1F)C(=O)OC(C)C. The number of benzene rings is 2. The third-order valence-corrected chi connectivity index (χ3v) is 4.99. The number of nitrogens with one attached hydrogen (secondary N) is 1. The minimum atomic E-state index is -0.982. The van der Waals surface area contributed by atoms with Crippen LogP contribution in [0.1, 0.15) is 37.6 Å². The molecule has 0 aromatic heterocycles. The maximum absolute atomic E-state index is 14.2. The third-order valence-electron chi connectivity index (χ3n) is 3.61. The highest BCUT2D eigenvalue weighted by Gasteiger charge is 2.23. The molecule has 28 heavy (non-hydrogen) atoms. The van der Waals surface area contributed by atoms with Crippen molar-refractivity contribution in [3.63, 3.8) is 0 Å². The van der Waals surface area contributed by atoms with Gasteiger partial charge >= 0.3 is 5.97 Å². The van der Waals surface area contributed by atoms with Crippen molar-refractivity contribution in [1.82, 2.24) is 0 Å². The number of amides is 1. The number of thioether (sulfide) groups is 1. The summed E-state index contributed by atoms with van der Waals surface area (Å²) in [4.78, 5) is 24.3. The predicted octanol–water partition coefficient (Wildman–Crippen LogP) is 5.18. The maximum atomic E-state index is 14.2. The Morgan fingerprint density at radius 3 is 2.43 bits per heavy atom. The zero-order valence-corrected chi connectivity index (χ0v) is 16.4. The molecule has 0 aliphatic heterocycles. The fourth-order valence-electron chi connectivity index (χ4n) is 2.30. The summed E-state index contributed by atoms with van der Waals surface area (Å²) in [5.74, 6) is -3.70. The highest BCUT2D eigenvalue weighted by molar-refractivity contribution is 8.00. The van der Waals surface area contributed by atoms with Crippen LogP contribution in [-0.4, -0.2) is 23.2 Å². The van der Waals surface area contributed by atoms with Gasteiger partial charge in [0.2, 0.25) is 0 Å². The van der Waals surface area contributed by atoms with Gasteiger partial charge in [-0.3, -0.25) is 9.59 Å². The Bertz CT molecular complexity index is 874. The zero-order valence-electron chi connectivity index (χ0n) is 15.6. The molecule has 0 radical (unpaired) electrons. The monoisotopic (exact) mass is 411 g/mol. The highest BCUT2D eigenvalue weighted by Crippen LogP contribution is 2.32. The van der Waals surface area contributed by atoms with Crippen LogP contribution in [0.5, 0.6) is 0 Å². The second-order valence-electron chi connectivity index (χ2n) is 6.23. The minimum Gasteiger partial charge on any atom is -0.462 e. The van der Waals surface area contributed by atoms with E-state index in [0.29, 0.717) is 12.5 Å². The first-order chi connectivity index (χ1) is 13.2. The average Bonchev–Trinajstić information content (AvgIpc) is 2.62. The summed E-state index contributed by atoms with van der Waals surface area (Å²) in [6, 6.07) is 6.62. The first-order valence-electron chi connectivity index (χ1n) is 8.64. The van der Waals surface area contributed by atoms with Crippen LogP contribution in [0, 0.1) is 17.5 Å². The van der Waals surface area contributed by atoms with Crippen LogP contribution in [0.3, 0.4) is 0 Å². The first-order valence-corrected chi connectivity index (χ1v) is 9.52. The Morgan fingerprint density at radius 1 is 1.11 bits per heavy atom. The lowest BCUT2D eigenvalue weighted by atomic mass is 10.2. The number of ether oxygens (including phenoxy) is 1. The molecule has 1 N–H and O–H groups in total. The number of halogens is 3. The topological polar surface area (TPSA) is 55.4 Å². The van der Waals surface area contributed by atoms with Gasteiger partial charge in [-0.1, -0.05) is 13.0 Å². The van der Waals surface area contributed by atoms with Gasteiger partial charge in [0, 0.05) is 16.5 Å². The van der Waals surface area contributed by atoms with Gasteiger partial charge in [0.15, 0.2) is 0 Å². The van der Waals surface area contributed by atoms with Crippen molar-refractivity contribution in [1.29, 1.82) is 0 Å². The van der Waals surface area contributed by atoms with E-state index in [4.69, 9.17) is 4.74 Å². The van der Waals surface area contributed by atoms with Crippen LogP contribution in [0.25, 0.3) is 0 Å². The predicted molar refractivity (Wildman–Crippen MR) is 102 cm³/mol. The number of carbonyl (C=O) groups excluding carboxylic acids is 2. The Hall–Kier alpha value is -2.48. The van der Waals surface area contributed by atoms with E-state index in [0.717, 1.165) is 23.9 Å². The van der Waals surface area contributed by atoms with E-state index in [9.17, 15) is 22.8 Å². The van der Waals surface area contributed by atoms with Crippen LogP contribution in [0.4, 0.5) is 18.9 Å². The molecule has 0 spiro atoms. The van der Waals surface area contributed by atoms with E-state index < -0.39 is 34.6 Å². The number of anilines is 1. The summed E-state index contributed by atoms with van der Waals surface area (Å²) in [6.45, 7) is 5.15. The molecule has 150 valence electrons. The smallest absolute Gasteiger partial charge is 0.319 e. The highest BCUT2D eigenvalue weighted by atomic mass is 32.2. The van der Waals surface area contributed by atoms with E-state index >= 15 is 0 Å². The average molecular weight is 411 g/mol. The molecular weight excluding hydrogens is 391 g/mol. The molecule has 1 amide bonds. The van der Waals surface area contributed by atoms with Crippen LogP contribution in [0.15, 0.2) is 41.3 Å². The standard InChI is InChI=1S/C20H20F3NO3S/c1-4-17(20(26)27-11(2)3)28-18-10-16(14(22)9-15(18)23)24-19(25)12-6-5-7-13(21)8-12/h5-11,17H,4H2,1-3H3,(H,24,25). The van der Waals surface area contributed by atoms with Gasteiger partial charge in [-0.05, 0) is 44.5 Å². The van der Waals surface area contributed by atoms with Gasteiger partial charge in [0.05, 0.1) is 11.8 Å². The summed E-state index contributed by atoms with van der Waals surface area (Å²) in [7, 11) is 0. The van der Waals surface area contributed by atoms with Crippen molar-refractivity contribution in [2.24, 2.45) is 0 Å². The fourth-order valence-corrected chi connectivity index (χ4v) is 3.28. The molecular formula is C20H20F3NO3S.